The van der Waals surface area contributed by atoms with Gasteiger partial charge in [-0.25, -0.2) is 9.97 Å². The summed E-state index contributed by atoms with van der Waals surface area (Å²) in [5.74, 6) is 0.699. The van der Waals surface area contributed by atoms with Crippen LogP contribution in [0.2, 0.25) is 10.6 Å². The van der Waals surface area contributed by atoms with Crippen molar-refractivity contribution in [2.75, 3.05) is 6.54 Å². The lowest BCUT2D eigenvalue weighted by atomic mass is 10.0. The van der Waals surface area contributed by atoms with Crippen LogP contribution < -0.4 is 5.73 Å². The van der Waals surface area contributed by atoms with Crippen molar-refractivity contribution in [1.82, 2.24) is 15.0 Å². The third kappa shape index (κ3) is 11.7. The highest BCUT2D eigenvalue weighted by Crippen LogP contribution is 2.13. The fraction of sp³-hybridized carbons (Fsp3) is 0.824. The van der Waals surface area contributed by atoms with E-state index in [0.717, 1.165) is 19.4 Å². The second-order valence-corrected chi connectivity index (χ2v) is 6.75. The first-order valence-corrected chi connectivity index (χ1v) is 9.74. The number of nitrogens with two attached hydrogens (primary N) is 1. The van der Waals surface area contributed by atoms with Gasteiger partial charge in [-0.1, -0.05) is 64.2 Å². The third-order valence-corrected chi connectivity index (χ3v) is 4.32. The lowest BCUT2D eigenvalue weighted by Crippen LogP contribution is -1.98. The molecule has 0 radical (unpaired) electrons. The Bertz CT molecular complexity index is 395. The van der Waals surface area contributed by atoms with Crippen LogP contribution in [0.4, 0.5) is 0 Å². The summed E-state index contributed by atoms with van der Waals surface area (Å²) in [5.41, 5.74) is 5.48. The van der Waals surface area contributed by atoms with Gasteiger partial charge in [0.2, 0.25) is 10.6 Å². The average Bonchev–Trinajstić information content (AvgIpc) is 2.51. The highest BCUT2D eigenvalue weighted by atomic mass is 35.5. The molecule has 1 heterocycles. The lowest BCUT2D eigenvalue weighted by molar-refractivity contribution is 0.540. The van der Waals surface area contributed by atoms with E-state index in [1.54, 1.807) is 0 Å². The van der Waals surface area contributed by atoms with Gasteiger partial charge in [0, 0.05) is 6.42 Å². The van der Waals surface area contributed by atoms with Gasteiger partial charge in [0.25, 0.3) is 0 Å². The number of hydrogen-bond acceptors (Lipinski definition) is 4. The van der Waals surface area contributed by atoms with Crippen LogP contribution in [0, 0.1) is 0 Å². The number of rotatable bonds is 14. The predicted octanol–water partition coefficient (Wildman–Crippen LogP) is 5.36. The van der Waals surface area contributed by atoms with Crippen molar-refractivity contribution in [2.45, 2.75) is 83.5 Å². The van der Waals surface area contributed by atoms with E-state index >= 15 is 0 Å². The molecule has 1 rings (SSSR count). The summed E-state index contributed by atoms with van der Waals surface area (Å²) in [6.07, 6.45) is 16.4. The van der Waals surface area contributed by atoms with E-state index in [0.29, 0.717) is 5.82 Å². The summed E-state index contributed by atoms with van der Waals surface area (Å²) in [4.78, 5) is 11.9. The average molecular weight is 361 g/mol. The number of nitrogens with zero attached hydrogens (tertiary/aromatic N) is 3. The second kappa shape index (κ2) is 13.9. The largest absolute Gasteiger partial charge is 0.330 e. The standard InChI is InChI=1S/C17H30Cl2N4/c18-16-21-15(22-17(19)23-16)13-11-9-7-5-3-1-2-4-6-8-10-12-14-20/h1-14,20H2. The maximum absolute atomic E-state index is 5.76. The van der Waals surface area contributed by atoms with Crippen molar-refractivity contribution in [3.8, 4) is 0 Å². The number of aromatic nitrogens is 3. The fourth-order valence-electron chi connectivity index (χ4n) is 2.67. The van der Waals surface area contributed by atoms with Gasteiger partial charge in [-0.15, -0.1) is 0 Å². The normalized spacial score (nSPS) is 11.1. The van der Waals surface area contributed by atoms with Crippen LogP contribution in [0.5, 0.6) is 0 Å². The van der Waals surface area contributed by atoms with Crippen LogP contribution in [0.3, 0.4) is 0 Å². The molecule has 23 heavy (non-hydrogen) atoms. The second-order valence-electron chi connectivity index (χ2n) is 6.07. The number of aryl methyl sites for hydroxylation is 1. The molecule has 0 saturated carbocycles. The molecule has 4 nitrogen and oxygen atoms in total. The van der Waals surface area contributed by atoms with Crippen molar-refractivity contribution in [3.63, 3.8) is 0 Å². The van der Waals surface area contributed by atoms with Crippen LogP contribution in [-0.2, 0) is 6.42 Å². The molecule has 0 aliphatic rings. The van der Waals surface area contributed by atoms with Gasteiger partial charge in [0.15, 0.2) is 0 Å². The molecule has 132 valence electrons. The summed E-state index contributed by atoms with van der Waals surface area (Å²) < 4.78 is 0. The minimum absolute atomic E-state index is 0.183. The van der Waals surface area contributed by atoms with Gasteiger partial charge in [-0.05, 0) is 42.6 Å². The highest BCUT2D eigenvalue weighted by Gasteiger charge is 2.02. The molecule has 0 bridgehead atoms. The van der Waals surface area contributed by atoms with Crippen LogP contribution in [-0.4, -0.2) is 21.5 Å². The van der Waals surface area contributed by atoms with Crippen molar-refractivity contribution in [1.29, 1.82) is 0 Å². The molecule has 0 fully saturated rings. The molecule has 0 spiro atoms. The molecule has 1 aromatic heterocycles. The van der Waals surface area contributed by atoms with Crippen molar-refractivity contribution >= 4 is 23.2 Å². The Hall–Kier alpha value is -0.450. The van der Waals surface area contributed by atoms with Crippen LogP contribution in [0.15, 0.2) is 0 Å². The van der Waals surface area contributed by atoms with Crippen LogP contribution in [0.1, 0.15) is 82.9 Å². The molecule has 0 aliphatic carbocycles. The Kier molecular flexibility index (Phi) is 12.5. The quantitative estimate of drug-likeness (QED) is 0.453. The molecule has 0 amide bonds. The number of unbranched alkanes of at least 4 members (excludes halogenated alkanes) is 11. The zero-order chi connectivity index (χ0) is 16.8. The topological polar surface area (TPSA) is 64.7 Å². The molecular weight excluding hydrogens is 331 g/mol. The molecule has 1 aromatic rings. The van der Waals surface area contributed by atoms with Gasteiger partial charge in [0.1, 0.15) is 5.82 Å². The first-order chi connectivity index (χ1) is 11.2. The summed E-state index contributed by atoms with van der Waals surface area (Å²) in [7, 11) is 0. The van der Waals surface area contributed by atoms with Crippen LogP contribution in [0.25, 0.3) is 0 Å². The van der Waals surface area contributed by atoms with Gasteiger partial charge >= 0.3 is 0 Å². The maximum Gasteiger partial charge on any atom is 0.226 e. The molecule has 6 heteroatoms. The summed E-state index contributed by atoms with van der Waals surface area (Å²) in [6.45, 7) is 0.841. The molecule has 0 unspecified atom stereocenters. The summed E-state index contributed by atoms with van der Waals surface area (Å²) in [5, 5.41) is 0.367. The number of halogens is 2. The first kappa shape index (κ1) is 20.6. The van der Waals surface area contributed by atoms with E-state index in [1.165, 1.54) is 70.6 Å². The Morgan fingerprint density at radius 2 is 0.957 bits per heavy atom. The minimum Gasteiger partial charge on any atom is -0.330 e. The van der Waals surface area contributed by atoms with E-state index in [-0.39, 0.29) is 10.6 Å². The van der Waals surface area contributed by atoms with E-state index in [9.17, 15) is 0 Å². The van der Waals surface area contributed by atoms with E-state index in [2.05, 4.69) is 15.0 Å². The van der Waals surface area contributed by atoms with Crippen LogP contribution >= 0.6 is 23.2 Å². The third-order valence-electron chi connectivity index (χ3n) is 3.98. The molecule has 0 aliphatic heterocycles. The highest BCUT2D eigenvalue weighted by molar-refractivity contribution is 6.30. The first-order valence-electron chi connectivity index (χ1n) is 8.98. The lowest BCUT2D eigenvalue weighted by Gasteiger charge is -2.03. The Morgan fingerprint density at radius 1 is 0.565 bits per heavy atom. The van der Waals surface area contributed by atoms with Crippen molar-refractivity contribution in [2.24, 2.45) is 5.73 Å². The van der Waals surface area contributed by atoms with Crippen molar-refractivity contribution in [3.05, 3.63) is 16.4 Å². The van der Waals surface area contributed by atoms with E-state index in [4.69, 9.17) is 28.9 Å². The molecular formula is C17H30Cl2N4. The predicted molar refractivity (Wildman–Crippen MR) is 98.0 cm³/mol. The molecule has 2 N–H and O–H groups in total. The van der Waals surface area contributed by atoms with Crippen molar-refractivity contribution < 1.29 is 0 Å². The molecule has 0 aromatic carbocycles. The Morgan fingerprint density at radius 3 is 1.39 bits per heavy atom. The summed E-state index contributed by atoms with van der Waals surface area (Å²) in [6, 6.07) is 0. The smallest absolute Gasteiger partial charge is 0.226 e. The maximum atomic E-state index is 5.76. The molecule has 0 saturated heterocycles. The zero-order valence-corrected chi connectivity index (χ0v) is 15.6. The Balaban J connectivity index is 1.86. The van der Waals surface area contributed by atoms with E-state index in [1.807, 2.05) is 0 Å². The van der Waals surface area contributed by atoms with Gasteiger partial charge in [0.05, 0.1) is 0 Å². The minimum atomic E-state index is 0.183. The van der Waals surface area contributed by atoms with E-state index < -0.39 is 0 Å². The number of hydrogen-bond donors (Lipinski definition) is 1. The summed E-state index contributed by atoms with van der Waals surface area (Å²) >= 11 is 11.5. The van der Waals surface area contributed by atoms with Gasteiger partial charge < -0.3 is 5.73 Å². The monoisotopic (exact) mass is 360 g/mol. The zero-order valence-electron chi connectivity index (χ0n) is 14.1. The Labute approximate surface area is 150 Å². The SMILES string of the molecule is NCCCCCCCCCCCCCCc1nc(Cl)nc(Cl)n1. The molecule has 0 atom stereocenters. The fourth-order valence-corrected chi connectivity index (χ4v) is 3.07. The van der Waals surface area contributed by atoms with Gasteiger partial charge in [-0.3, -0.25) is 0 Å². The van der Waals surface area contributed by atoms with Gasteiger partial charge in [-0.2, -0.15) is 4.98 Å².